The largest absolute Gasteiger partial charge is 0.490 e. The Morgan fingerprint density at radius 3 is 2.13 bits per heavy atom. The van der Waals surface area contributed by atoms with Gasteiger partial charge in [-0.2, -0.15) is 8.62 Å². The van der Waals surface area contributed by atoms with Crippen molar-refractivity contribution >= 4 is 80.7 Å². The molecule has 0 spiro atoms. The maximum absolute atomic E-state index is 12.4. The molecule has 1 fully saturated rings. The third-order valence-electron chi connectivity index (χ3n) is 7.55. The Hall–Kier alpha value is -3.63. The van der Waals surface area contributed by atoms with Crippen LogP contribution in [0.3, 0.4) is 0 Å². The smallest absolute Gasteiger partial charge is 0.481 e. The van der Waals surface area contributed by atoms with Crippen molar-refractivity contribution in [3.63, 3.8) is 0 Å². The lowest BCUT2D eigenvalue weighted by molar-refractivity contribution is -0.148. The summed E-state index contributed by atoms with van der Waals surface area (Å²) in [4.78, 5) is 106. The van der Waals surface area contributed by atoms with E-state index in [1.165, 1.54) is 21.6 Å². The molecule has 340 valence electrons. The average molecular weight is 964 g/mol. The van der Waals surface area contributed by atoms with Gasteiger partial charge >= 0.3 is 41.4 Å². The molecule has 1 heterocycles. The third-order valence-corrected chi connectivity index (χ3v) is 13.8. The maximum Gasteiger partial charge on any atom is 0.490 e. The van der Waals surface area contributed by atoms with Gasteiger partial charge in [0.2, 0.25) is 17.7 Å². The van der Waals surface area contributed by atoms with Crippen LogP contribution in [-0.4, -0.2) is 131 Å². The van der Waals surface area contributed by atoms with Crippen molar-refractivity contribution < 1.29 is 100 Å². The molecule has 0 aromatic rings. The number of hydrogen-bond acceptors (Lipinski definition) is 16. The van der Waals surface area contributed by atoms with Gasteiger partial charge in [0.05, 0.1) is 38.2 Å². The predicted octanol–water partition coefficient (Wildman–Crippen LogP) is 0.892. The van der Waals surface area contributed by atoms with Crippen LogP contribution >= 0.6 is 45.1 Å². The minimum absolute atomic E-state index is 0.0159. The monoisotopic (exact) mass is 963 g/mol. The van der Waals surface area contributed by atoms with Crippen LogP contribution < -0.4 is 16.0 Å². The summed E-state index contributed by atoms with van der Waals surface area (Å²) >= 11 is 0. The molecule has 29 heteroatoms. The van der Waals surface area contributed by atoms with E-state index in [9.17, 15) is 57.4 Å². The standard InChI is InChI=1S/C32H44N3O21P3S2/c36-24-18-25(54-26(24)19-53-58(49,50)56-59(51,52)55-57(46,47)48)21-8-2-1-6-20(10-11-21)7-5-13-33-27(37)12-15-61-60-14-4-3-9-28(38)34-22(16-29(39)40)31(43)35-23(32(44)45)17-30(41)42/h1-2,6,8,10-11,22-26,36H,3-4,9,12-19H2,(H,33,37)(H,34,38)(H,35,43)(H,39,40)(H,41,42)(H,44,45)(H,49,50)(H,51,52)(H2,46,47,48)/b2-1-,6-1?,8-2?,11-10?,20-6?,20-10?,21-8+,21-11?. The molecular weight excluding hydrogens is 919 g/mol. The van der Waals surface area contributed by atoms with Gasteiger partial charge in [-0.25, -0.2) is 18.5 Å². The number of phosphoric ester groups is 1. The number of aliphatic hydroxyl groups excluding tert-OH is 1. The number of nitrogens with one attached hydrogen (secondary N) is 3. The molecule has 1 aliphatic heterocycles. The molecule has 1 saturated heterocycles. The fraction of sp³-hybridized carbons (Fsp3) is 0.500. The minimum atomic E-state index is -5.71. The van der Waals surface area contributed by atoms with Gasteiger partial charge in [0.25, 0.3) is 0 Å². The molecule has 24 nitrogen and oxygen atoms in total. The van der Waals surface area contributed by atoms with Gasteiger partial charge in [-0.3, -0.25) is 28.5 Å². The van der Waals surface area contributed by atoms with Gasteiger partial charge in [-0.05, 0) is 30.6 Å². The van der Waals surface area contributed by atoms with Crippen molar-refractivity contribution in [3.8, 4) is 11.8 Å². The lowest BCUT2D eigenvalue weighted by Gasteiger charge is -2.19. The zero-order chi connectivity index (χ0) is 45.8. The summed E-state index contributed by atoms with van der Waals surface area (Å²) in [5.74, 6) is 0.185. The number of hydrogen-bond donors (Lipinski definition) is 11. The number of amides is 3. The summed E-state index contributed by atoms with van der Waals surface area (Å²) in [5, 5.41) is 44.3. The molecule has 0 bridgehead atoms. The Morgan fingerprint density at radius 1 is 0.820 bits per heavy atom. The summed E-state index contributed by atoms with van der Waals surface area (Å²) in [6.07, 6.45) is 6.16. The molecular formula is C32H44N3O21P3S2. The topological polar surface area (TPSA) is 388 Å². The van der Waals surface area contributed by atoms with Crippen LogP contribution in [0.15, 0.2) is 47.6 Å². The number of allylic oxidation sites excluding steroid dienone is 6. The number of unbranched alkanes of at least 4 members (excludes halogenated alkanes) is 1. The molecule has 0 radical (unpaired) electrons. The number of carbonyl (C=O) groups excluding carboxylic acids is 3. The van der Waals surface area contributed by atoms with Gasteiger partial charge in [0.1, 0.15) is 18.2 Å². The number of ether oxygens (including phenoxy) is 1. The van der Waals surface area contributed by atoms with E-state index in [1.807, 2.05) is 5.32 Å². The molecule has 2 aliphatic rings. The Bertz CT molecular complexity index is 1940. The summed E-state index contributed by atoms with van der Waals surface area (Å²) in [7, 11) is -13.8. The highest BCUT2D eigenvalue weighted by Crippen LogP contribution is 2.66. The number of phosphoric acid groups is 3. The number of aliphatic carboxylic acids is 3. The van der Waals surface area contributed by atoms with Crippen molar-refractivity contribution in [1.82, 2.24) is 16.0 Å². The van der Waals surface area contributed by atoms with E-state index < -0.39 is 103 Å². The SMILES string of the molecule is O=C(O)CC(NC(=O)C(CC(=O)O)NC(=O)CCCCSSCCC(=O)NCC#CC1=C/C=C\C=C(\C2CC(O)C(COP(=O)(O)OP(=O)(O)OP(=O)(O)O)O2)C=C1)C(=O)O. The predicted molar refractivity (Wildman–Crippen MR) is 214 cm³/mol. The molecule has 0 aromatic heterocycles. The lowest BCUT2D eigenvalue weighted by atomic mass is 10.0. The van der Waals surface area contributed by atoms with Crippen LogP contribution in [0.2, 0.25) is 0 Å². The van der Waals surface area contributed by atoms with E-state index in [2.05, 4.69) is 35.6 Å². The van der Waals surface area contributed by atoms with Crippen LogP contribution in [0.4, 0.5) is 0 Å². The van der Waals surface area contributed by atoms with Crippen LogP contribution in [0, 0.1) is 11.8 Å². The first-order chi connectivity index (χ1) is 28.4. The number of rotatable bonds is 26. The zero-order valence-corrected chi connectivity index (χ0v) is 36.0. The molecule has 61 heavy (non-hydrogen) atoms. The van der Waals surface area contributed by atoms with Gasteiger partial charge in [0.15, 0.2) is 0 Å². The van der Waals surface area contributed by atoms with Gasteiger partial charge < -0.3 is 60.7 Å². The van der Waals surface area contributed by atoms with Gasteiger partial charge in [0, 0.05) is 36.3 Å². The zero-order valence-electron chi connectivity index (χ0n) is 31.7. The summed E-state index contributed by atoms with van der Waals surface area (Å²) < 4.78 is 51.9. The average Bonchev–Trinajstić information content (AvgIpc) is 3.48. The number of aliphatic hydroxyl groups is 1. The first-order valence-corrected chi connectivity index (χ1v) is 24.6. The first kappa shape index (κ1) is 53.5. The van der Waals surface area contributed by atoms with Crippen LogP contribution in [-0.2, 0) is 60.3 Å². The Morgan fingerprint density at radius 2 is 1.48 bits per heavy atom. The van der Waals surface area contributed by atoms with Crippen molar-refractivity contribution in [2.75, 3.05) is 24.7 Å². The maximum atomic E-state index is 12.4. The third kappa shape index (κ3) is 23.4. The number of carboxylic acids is 3. The van der Waals surface area contributed by atoms with Crippen molar-refractivity contribution in [2.24, 2.45) is 0 Å². The van der Waals surface area contributed by atoms with E-state index in [-0.39, 0.29) is 31.7 Å². The fourth-order valence-corrected chi connectivity index (χ4v) is 10.0. The van der Waals surface area contributed by atoms with Crippen molar-refractivity contribution in [3.05, 3.63) is 47.6 Å². The van der Waals surface area contributed by atoms with E-state index >= 15 is 0 Å². The molecule has 11 N–H and O–H groups in total. The molecule has 7 unspecified atom stereocenters. The Labute approximate surface area is 355 Å². The Kier molecular flexibility index (Phi) is 22.9. The Balaban J connectivity index is 1.68. The molecule has 1 aliphatic carbocycles. The summed E-state index contributed by atoms with van der Waals surface area (Å²) in [6, 6.07) is -3.43. The van der Waals surface area contributed by atoms with Crippen LogP contribution in [0.5, 0.6) is 0 Å². The van der Waals surface area contributed by atoms with E-state index in [1.54, 1.807) is 36.5 Å². The fourth-order valence-electron chi connectivity index (χ4n) is 4.86. The quantitative estimate of drug-likeness (QED) is 0.0248. The highest BCUT2D eigenvalue weighted by Gasteiger charge is 2.43. The second-order valence-corrected chi connectivity index (χ2v) is 19.6. The highest BCUT2D eigenvalue weighted by atomic mass is 33.1. The second-order valence-electron chi connectivity index (χ2n) is 12.5. The highest BCUT2D eigenvalue weighted by molar-refractivity contribution is 8.76. The van der Waals surface area contributed by atoms with Crippen molar-refractivity contribution in [1.29, 1.82) is 0 Å². The van der Waals surface area contributed by atoms with E-state index in [4.69, 9.17) is 29.8 Å². The molecule has 3 amide bonds. The molecule has 2 rings (SSSR count). The summed E-state index contributed by atoms with van der Waals surface area (Å²) in [5.41, 5.74) is 1.12. The lowest BCUT2D eigenvalue weighted by Crippen LogP contribution is -2.52. The normalized spacial score (nSPS) is 21.8. The summed E-state index contributed by atoms with van der Waals surface area (Å²) in [6.45, 7) is -0.771. The van der Waals surface area contributed by atoms with Crippen molar-refractivity contribution in [2.45, 2.75) is 75.3 Å². The van der Waals surface area contributed by atoms with Gasteiger partial charge in [-0.15, -0.1) is 0 Å². The first-order valence-electron chi connectivity index (χ1n) is 17.6. The second kappa shape index (κ2) is 26.1. The number of carboxylic acid groups (broad SMARTS) is 3. The molecule has 7 atom stereocenters. The molecule has 0 saturated carbocycles. The van der Waals surface area contributed by atoms with Crippen LogP contribution in [0.1, 0.15) is 44.9 Å². The van der Waals surface area contributed by atoms with Crippen LogP contribution in [0.25, 0.3) is 0 Å². The van der Waals surface area contributed by atoms with Gasteiger partial charge in [-0.1, -0.05) is 57.7 Å². The molecule has 0 aromatic carbocycles. The number of carbonyl (C=O) groups is 6. The minimum Gasteiger partial charge on any atom is -0.481 e. The van der Waals surface area contributed by atoms with E-state index in [0.29, 0.717) is 35.5 Å². The van der Waals surface area contributed by atoms with E-state index in [0.717, 1.165) is 0 Å².